The van der Waals surface area contributed by atoms with Gasteiger partial charge in [0.1, 0.15) is 9.15 Å². The van der Waals surface area contributed by atoms with Gasteiger partial charge in [-0.3, -0.25) is 0 Å². The van der Waals surface area contributed by atoms with E-state index in [1.807, 2.05) is 0 Å². The van der Waals surface area contributed by atoms with Crippen molar-refractivity contribution in [1.29, 1.82) is 0 Å². The predicted octanol–water partition coefficient (Wildman–Crippen LogP) is -2.60. The van der Waals surface area contributed by atoms with Crippen molar-refractivity contribution in [3.05, 3.63) is 0 Å². The Morgan fingerprint density at radius 1 is 1.13 bits per heavy atom. The van der Waals surface area contributed by atoms with Crippen molar-refractivity contribution in [2.24, 2.45) is 0 Å². The Labute approximate surface area is 117 Å². The fraction of sp³-hybridized carbons (Fsp3) is 1.00. The van der Waals surface area contributed by atoms with Crippen LogP contribution in [0.2, 0.25) is 0 Å². The zero-order valence-corrected chi connectivity index (χ0v) is 13.6. The Kier molecular flexibility index (Phi) is 7.71. The molecule has 86 valence electrons. The van der Waals surface area contributed by atoms with Gasteiger partial charge >= 0.3 is 29.6 Å². The van der Waals surface area contributed by atoms with E-state index in [0.29, 0.717) is 0 Å². The molecule has 15 heavy (non-hydrogen) atoms. The first-order chi connectivity index (χ1) is 5.96. The minimum Gasteiger partial charge on any atom is -0.739 e. The Morgan fingerprint density at radius 2 is 1.53 bits per heavy atom. The van der Waals surface area contributed by atoms with E-state index in [4.69, 9.17) is 0 Å². The molecule has 0 amide bonds. The fourth-order valence-corrected chi connectivity index (χ4v) is 3.74. The van der Waals surface area contributed by atoms with Gasteiger partial charge in [-0.1, -0.05) is 0 Å². The summed E-state index contributed by atoms with van der Waals surface area (Å²) >= 11 is 0. The maximum Gasteiger partial charge on any atom is 1.00 e. The molecule has 0 spiro atoms. The Balaban J connectivity index is 0. The molecule has 0 heterocycles. The molecule has 0 aliphatic carbocycles. The van der Waals surface area contributed by atoms with Crippen LogP contribution in [0.4, 0.5) is 0 Å². The Bertz CT molecular complexity index is 377. The van der Waals surface area contributed by atoms with E-state index in [1.54, 1.807) is 0 Å². The van der Waals surface area contributed by atoms with E-state index < -0.39 is 23.7 Å². The third-order valence-corrected chi connectivity index (χ3v) is 6.40. The first-order valence-corrected chi connectivity index (χ1v) is 8.34. The van der Waals surface area contributed by atoms with Crippen molar-refractivity contribution in [2.45, 2.75) is 25.5 Å². The van der Waals surface area contributed by atoms with Gasteiger partial charge in [0, 0.05) is 5.75 Å². The van der Waals surface area contributed by atoms with Gasteiger partial charge in [0.2, 0.25) is 0 Å². The molecular weight excluding hydrogens is 271 g/mol. The molecule has 0 aliphatic rings. The summed E-state index contributed by atoms with van der Waals surface area (Å²) in [5, 5.41) is 0. The summed E-state index contributed by atoms with van der Waals surface area (Å²) in [7, 11) is -7.62. The summed E-state index contributed by atoms with van der Waals surface area (Å²) in [6, 6.07) is 0. The molecule has 0 saturated heterocycles. The van der Waals surface area contributed by atoms with E-state index in [-0.39, 0.29) is 51.9 Å². The molecule has 0 radical (unpaired) electrons. The molecule has 0 aromatic rings. The molecular formula is C6H13NaO5S3. The van der Waals surface area contributed by atoms with E-state index in [9.17, 15) is 21.4 Å². The molecule has 0 atom stereocenters. The molecule has 0 rings (SSSR count). The summed E-state index contributed by atoms with van der Waals surface area (Å²) in [5.74, 6) is -0.520. The zero-order valence-electron chi connectivity index (χ0n) is 9.18. The SMILES string of the molecule is CC(C)(C)S(=O)(=O)CCSS(=O)(=O)[O-].[Na+]. The van der Waals surface area contributed by atoms with Gasteiger partial charge in [0.25, 0.3) is 0 Å². The van der Waals surface area contributed by atoms with Crippen LogP contribution in [-0.4, -0.2) is 37.6 Å². The average Bonchev–Trinajstić information content (AvgIpc) is 1.80. The van der Waals surface area contributed by atoms with Crippen molar-refractivity contribution in [3.63, 3.8) is 0 Å². The van der Waals surface area contributed by atoms with Crippen LogP contribution in [0.1, 0.15) is 20.8 Å². The van der Waals surface area contributed by atoms with Crippen LogP contribution in [0.15, 0.2) is 0 Å². The minimum absolute atomic E-state index is 0. The van der Waals surface area contributed by atoms with Crippen molar-refractivity contribution >= 4 is 29.8 Å². The van der Waals surface area contributed by atoms with Crippen LogP contribution in [-0.2, 0) is 19.0 Å². The summed E-state index contributed by atoms with van der Waals surface area (Å²) in [4.78, 5) is 0. The number of hydrogen-bond acceptors (Lipinski definition) is 6. The monoisotopic (exact) mass is 284 g/mol. The maximum absolute atomic E-state index is 11.4. The molecule has 0 unspecified atom stereocenters. The zero-order chi connectivity index (χ0) is 11.6. The Morgan fingerprint density at radius 3 is 1.80 bits per heavy atom. The minimum atomic E-state index is -4.39. The average molecular weight is 284 g/mol. The fourth-order valence-electron chi connectivity index (χ4n) is 0.552. The van der Waals surface area contributed by atoms with Crippen LogP contribution in [0.25, 0.3) is 0 Å². The van der Waals surface area contributed by atoms with E-state index in [1.165, 1.54) is 20.8 Å². The van der Waals surface area contributed by atoms with Gasteiger partial charge in [0.05, 0.1) is 10.5 Å². The quantitative estimate of drug-likeness (QED) is 0.319. The van der Waals surface area contributed by atoms with Gasteiger partial charge in [-0.05, 0) is 31.6 Å². The third-order valence-electron chi connectivity index (χ3n) is 1.51. The first kappa shape index (κ1) is 18.6. The molecule has 0 aliphatic heterocycles. The van der Waals surface area contributed by atoms with Crippen molar-refractivity contribution in [3.8, 4) is 0 Å². The number of sulfone groups is 1. The van der Waals surface area contributed by atoms with E-state index >= 15 is 0 Å². The van der Waals surface area contributed by atoms with Crippen molar-refractivity contribution in [2.75, 3.05) is 11.5 Å². The topological polar surface area (TPSA) is 91.3 Å². The number of rotatable bonds is 4. The third kappa shape index (κ3) is 8.00. The Hall–Kier alpha value is 1.21. The maximum atomic E-state index is 11.4. The van der Waals surface area contributed by atoms with Gasteiger partial charge in [-0.2, -0.15) is 0 Å². The van der Waals surface area contributed by atoms with Crippen molar-refractivity contribution < 1.29 is 50.9 Å². The normalized spacial score (nSPS) is 13.3. The first-order valence-electron chi connectivity index (χ1n) is 3.78. The summed E-state index contributed by atoms with van der Waals surface area (Å²) in [6.07, 6.45) is 0. The van der Waals surface area contributed by atoms with E-state index in [0.717, 1.165) is 0 Å². The molecule has 0 saturated carbocycles. The molecule has 5 nitrogen and oxygen atoms in total. The summed E-state index contributed by atoms with van der Waals surface area (Å²) in [5.41, 5.74) is 0. The van der Waals surface area contributed by atoms with Crippen LogP contribution >= 0.6 is 10.8 Å². The largest absolute Gasteiger partial charge is 1.00 e. The number of hydrogen-bond donors (Lipinski definition) is 0. The summed E-state index contributed by atoms with van der Waals surface area (Å²) in [6.45, 7) is 4.58. The molecule has 0 bridgehead atoms. The van der Waals surface area contributed by atoms with Gasteiger partial charge in [-0.15, -0.1) is 0 Å². The second-order valence-electron chi connectivity index (χ2n) is 3.66. The molecule has 0 aromatic carbocycles. The molecule has 0 N–H and O–H groups in total. The second kappa shape index (κ2) is 6.23. The van der Waals surface area contributed by atoms with E-state index in [2.05, 4.69) is 0 Å². The standard InChI is InChI=1S/C6H14O5S3.Na/c1-6(2,3)13(7,8)5-4-12-14(9,10)11;/h4-5H2,1-3H3,(H,9,10,11);/q;+1/p-1. The van der Waals surface area contributed by atoms with Crippen LogP contribution in [0.5, 0.6) is 0 Å². The smallest absolute Gasteiger partial charge is 0.739 e. The molecule has 9 heteroatoms. The van der Waals surface area contributed by atoms with Crippen LogP contribution < -0.4 is 29.6 Å². The van der Waals surface area contributed by atoms with Crippen LogP contribution in [0.3, 0.4) is 0 Å². The van der Waals surface area contributed by atoms with Gasteiger partial charge in [0.15, 0.2) is 9.84 Å². The summed E-state index contributed by atoms with van der Waals surface area (Å²) < 4.78 is 52.5. The van der Waals surface area contributed by atoms with Crippen molar-refractivity contribution in [1.82, 2.24) is 0 Å². The predicted molar refractivity (Wildman–Crippen MR) is 55.7 cm³/mol. The van der Waals surface area contributed by atoms with Crippen LogP contribution in [0, 0.1) is 0 Å². The second-order valence-corrected chi connectivity index (χ2v) is 9.92. The van der Waals surface area contributed by atoms with Gasteiger partial charge < -0.3 is 4.55 Å². The molecule has 0 fully saturated rings. The molecule has 0 aromatic heterocycles. The van der Waals surface area contributed by atoms with Gasteiger partial charge in [-0.25, -0.2) is 16.8 Å².